The number of halogens is 1. The molecule has 2 rings (SSSR count). The Balaban J connectivity index is 2.04. The largest absolute Gasteiger partial charge is 0.379 e. The highest BCUT2D eigenvalue weighted by Gasteiger charge is 2.01. The van der Waals surface area contributed by atoms with Gasteiger partial charge in [0, 0.05) is 11.9 Å². The molecule has 4 nitrogen and oxygen atoms in total. The maximum absolute atomic E-state index is 8.77. The van der Waals surface area contributed by atoms with Crippen LogP contribution in [0.2, 0.25) is 5.02 Å². The number of nitriles is 1. The van der Waals surface area contributed by atoms with Crippen molar-refractivity contribution in [3.05, 3.63) is 52.6 Å². The number of hydrogen-bond acceptors (Lipinski definition) is 4. The molecule has 1 N–H and O–H groups in total. The summed E-state index contributed by atoms with van der Waals surface area (Å²) in [7, 11) is 0. The fourth-order valence-electron chi connectivity index (χ4n) is 1.42. The molecule has 0 aliphatic rings. The fraction of sp³-hybridized carbons (Fsp3) is 0.154. The Morgan fingerprint density at radius 1 is 1.33 bits per heavy atom. The number of nitrogens with zero attached hydrogens (tertiary/aromatic N) is 3. The highest BCUT2D eigenvalue weighted by Crippen LogP contribution is 2.20. The van der Waals surface area contributed by atoms with Gasteiger partial charge in [0.2, 0.25) is 0 Å². The smallest absolute Gasteiger partial charge is 0.101 e. The third-order valence-electron chi connectivity index (χ3n) is 2.40. The lowest BCUT2D eigenvalue weighted by Crippen LogP contribution is -2.02. The van der Waals surface area contributed by atoms with E-state index in [2.05, 4.69) is 15.3 Å². The lowest BCUT2D eigenvalue weighted by molar-refractivity contribution is 0.984. The average Bonchev–Trinajstić information content (AvgIpc) is 2.38. The fourth-order valence-corrected chi connectivity index (χ4v) is 1.64. The number of benzene rings is 1. The first-order valence-corrected chi connectivity index (χ1v) is 5.78. The van der Waals surface area contributed by atoms with Crippen LogP contribution in [0.3, 0.4) is 0 Å². The Hall–Kier alpha value is -2.12. The molecule has 0 aliphatic heterocycles. The minimum Gasteiger partial charge on any atom is -0.379 e. The number of hydrogen-bond donors (Lipinski definition) is 1. The number of aryl methyl sites for hydroxylation is 1. The Labute approximate surface area is 110 Å². The molecule has 90 valence electrons. The minimum atomic E-state index is 0.442. The van der Waals surface area contributed by atoms with Crippen molar-refractivity contribution in [2.24, 2.45) is 0 Å². The van der Waals surface area contributed by atoms with Gasteiger partial charge in [0.15, 0.2) is 0 Å². The van der Waals surface area contributed by atoms with E-state index in [0.717, 1.165) is 17.1 Å². The summed E-state index contributed by atoms with van der Waals surface area (Å²) in [6.07, 6.45) is 3.45. The van der Waals surface area contributed by atoms with Crippen molar-refractivity contribution < 1.29 is 0 Å². The van der Waals surface area contributed by atoms with E-state index in [1.54, 1.807) is 24.5 Å². The zero-order valence-electron chi connectivity index (χ0n) is 9.81. The summed E-state index contributed by atoms with van der Waals surface area (Å²) in [6.45, 7) is 2.46. The number of nitrogens with one attached hydrogen (secondary N) is 1. The van der Waals surface area contributed by atoms with E-state index in [1.807, 2.05) is 19.1 Å². The summed E-state index contributed by atoms with van der Waals surface area (Å²) >= 11 is 5.94. The topological polar surface area (TPSA) is 61.6 Å². The highest BCUT2D eigenvalue weighted by atomic mass is 35.5. The van der Waals surface area contributed by atoms with E-state index in [9.17, 15) is 0 Å². The Morgan fingerprint density at radius 2 is 2.17 bits per heavy atom. The van der Waals surface area contributed by atoms with Gasteiger partial charge in [-0.25, -0.2) is 0 Å². The average molecular weight is 259 g/mol. The van der Waals surface area contributed by atoms with Crippen LogP contribution in [0.15, 0.2) is 30.6 Å². The summed E-state index contributed by atoms with van der Waals surface area (Å²) in [5, 5.41) is 12.4. The van der Waals surface area contributed by atoms with Crippen molar-refractivity contribution in [2.45, 2.75) is 13.5 Å². The molecule has 1 heterocycles. The minimum absolute atomic E-state index is 0.442. The maximum Gasteiger partial charge on any atom is 0.101 e. The van der Waals surface area contributed by atoms with Gasteiger partial charge in [-0.05, 0) is 25.1 Å². The van der Waals surface area contributed by atoms with Crippen LogP contribution in [-0.4, -0.2) is 9.97 Å². The highest BCUT2D eigenvalue weighted by molar-refractivity contribution is 6.32. The van der Waals surface area contributed by atoms with Crippen molar-refractivity contribution in [3.63, 3.8) is 0 Å². The summed E-state index contributed by atoms with van der Waals surface area (Å²) < 4.78 is 0. The number of rotatable bonds is 3. The SMILES string of the molecule is Cc1cnc(CNc2ccc(C#N)c(Cl)c2)cn1. The molecule has 0 saturated carbocycles. The molecule has 0 aliphatic carbocycles. The number of anilines is 1. The molecular formula is C13H11ClN4. The predicted molar refractivity (Wildman–Crippen MR) is 70.3 cm³/mol. The summed E-state index contributed by atoms with van der Waals surface area (Å²) in [6, 6.07) is 7.24. The van der Waals surface area contributed by atoms with Gasteiger partial charge in [-0.3, -0.25) is 9.97 Å². The molecule has 5 heteroatoms. The molecule has 1 aromatic carbocycles. The lowest BCUT2D eigenvalue weighted by Gasteiger charge is -2.06. The van der Waals surface area contributed by atoms with Crippen molar-refractivity contribution in [1.82, 2.24) is 9.97 Å². The zero-order valence-corrected chi connectivity index (χ0v) is 10.6. The van der Waals surface area contributed by atoms with Crippen molar-refractivity contribution in [2.75, 3.05) is 5.32 Å². The van der Waals surface area contributed by atoms with Crippen molar-refractivity contribution in [1.29, 1.82) is 5.26 Å². The standard InChI is InChI=1S/C13H11ClN4/c1-9-6-17-12(7-16-9)8-18-11-3-2-10(5-15)13(14)4-11/h2-4,6-7,18H,8H2,1H3. The molecule has 0 atom stereocenters. The second-order valence-electron chi connectivity index (χ2n) is 3.81. The van der Waals surface area contributed by atoms with Gasteiger partial charge in [-0.15, -0.1) is 0 Å². The Bertz CT molecular complexity index is 587. The first-order chi connectivity index (χ1) is 8.69. The molecule has 0 radical (unpaired) electrons. The molecule has 0 unspecified atom stereocenters. The first kappa shape index (κ1) is 12.3. The molecule has 0 spiro atoms. The molecular weight excluding hydrogens is 248 g/mol. The molecule has 0 amide bonds. The summed E-state index contributed by atoms with van der Waals surface area (Å²) in [5.41, 5.74) is 3.06. The normalized spacial score (nSPS) is 9.83. The van der Waals surface area contributed by atoms with E-state index in [4.69, 9.17) is 16.9 Å². The predicted octanol–water partition coefficient (Wildman–Crippen LogP) is 2.92. The van der Waals surface area contributed by atoms with E-state index in [1.165, 1.54) is 0 Å². The van der Waals surface area contributed by atoms with Crippen molar-refractivity contribution >= 4 is 17.3 Å². The van der Waals surface area contributed by atoms with Gasteiger partial charge in [0.25, 0.3) is 0 Å². The van der Waals surface area contributed by atoms with Gasteiger partial charge in [0.05, 0.1) is 34.7 Å². The van der Waals surface area contributed by atoms with Gasteiger partial charge in [0.1, 0.15) is 6.07 Å². The maximum atomic E-state index is 8.77. The first-order valence-electron chi connectivity index (χ1n) is 5.40. The Morgan fingerprint density at radius 3 is 2.78 bits per heavy atom. The van der Waals surface area contributed by atoms with Crippen LogP contribution in [0.1, 0.15) is 17.0 Å². The number of aromatic nitrogens is 2. The third kappa shape index (κ3) is 2.96. The molecule has 1 aromatic heterocycles. The zero-order chi connectivity index (χ0) is 13.0. The summed E-state index contributed by atoms with van der Waals surface area (Å²) in [4.78, 5) is 8.40. The lowest BCUT2D eigenvalue weighted by atomic mass is 10.2. The van der Waals surface area contributed by atoms with Crippen LogP contribution in [-0.2, 0) is 6.54 Å². The van der Waals surface area contributed by atoms with E-state index < -0.39 is 0 Å². The van der Waals surface area contributed by atoms with Crippen LogP contribution in [0.5, 0.6) is 0 Å². The van der Waals surface area contributed by atoms with Crippen LogP contribution in [0, 0.1) is 18.3 Å². The van der Waals surface area contributed by atoms with Gasteiger partial charge < -0.3 is 5.32 Å². The van der Waals surface area contributed by atoms with Crippen LogP contribution < -0.4 is 5.32 Å². The van der Waals surface area contributed by atoms with E-state index in [-0.39, 0.29) is 0 Å². The summed E-state index contributed by atoms with van der Waals surface area (Å²) in [5.74, 6) is 0. The molecule has 0 saturated heterocycles. The second kappa shape index (κ2) is 5.48. The van der Waals surface area contributed by atoms with Gasteiger partial charge >= 0.3 is 0 Å². The van der Waals surface area contributed by atoms with E-state index in [0.29, 0.717) is 17.1 Å². The monoisotopic (exact) mass is 258 g/mol. The molecule has 0 bridgehead atoms. The quantitative estimate of drug-likeness (QED) is 0.920. The molecule has 2 aromatic rings. The van der Waals surface area contributed by atoms with E-state index >= 15 is 0 Å². The molecule has 18 heavy (non-hydrogen) atoms. The second-order valence-corrected chi connectivity index (χ2v) is 4.22. The third-order valence-corrected chi connectivity index (χ3v) is 2.71. The van der Waals surface area contributed by atoms with Crippen molar-refractivity contribution in [3.8, 4) is 6.07 Å². The van der Waals surface area contributed by atoms with Gasteiger partial charge in [-0.1, -0.05) is 11.6 Å². The van der Waals surface area contributed by atoms with Crippen LogP contribution in [0.4, 0.5) is 5.69 Å². The van der Waals surface area contributed by atoms with Crippen LogP contribution in [0.25, 0.3) is 0 Å². The molecule has 0 fully saturated rings. The van der Waals surface area contributed by atoms with Gasteiger partial charge in [-0.2, -0.15) is 5.26 Å². The van der Waals surface area contributed by atoms with Crippen LogP contribution >= 0.6 is 11.6 Å². The Kier molecular flexibility index (Phi) is 3.75.